The summed E-state index contributed by atoms with van der Waals surface area (Å²) in [6, 6.07) is 8.00. The lowest BCUT2D eigenvalue weighted by Gasteiger charge is -2.03. The van der Waals surface area contributed by atoms with Gasteiger partial charge in [0.15, 0.2) is 5.78 Å². The summed E-state index contributed by atoms with van der Waals surface area (Å²) in [5.41, 5.74) is 1.29. The molecular formula is C17H23ClO3S. The zero-order valence-corrected chi connectivity index (χ0v) is 14.5. The maximum atomic E-state index is 11.4. The molecule has 0 atom stereocenters. The molecule has 3 nitrogen and oxygen atoms in total. The van der Waals surface area contributed by atoms with Gasteiger partial charge < -0.3 is 4.74 Å². The number of methoxy groups -OCH3 is 1. The van der Waals surface area contributed by atoms with Gasteiger partial charge in [-0.25, -0.2) is 0 Å². The van der Waals surface area contributed by atoms with Crippen LogP contribution < -0.4 is 0 Å². The third-order valence-corrected chi connectivity index (χ3v) is 4.56. The van der Waals surface area contributed by atoms with Crippen LogP contribution in [0.1, 0.15) is 37.7 Å². The molecule has 0 aliphatic heterocycles. The number of ether oxygens (including phenoxy) is 1. The first-order chi connectivity index (χ1) is 10.6. The molecule has 0 bridgehead atoms. The number of benzene rings is 1. The molecule has 0 fully saturated rings. The number of carbonyl (C=O) groups excluding carboxylic acids is 2. The Bertz CT molecular complexity index is 477. The van der Waals surface area contributed by atoms with E-state index >= 15 is 0 Å². The van der Waals surface area contributed by atoms with Gasteiger partial charge in [0.05, 0.1) is 12.9 Å². The number of carbonyl (C=O) groups is 2. The molecule has 122 valence electrons. The fraction of sp³-hybridized carbons (Fsp3) is 0.529. The van der Waals surface area contributed by atoms with Crippen LogP contribution in [-0.2, 0) is 20.7 Å². The Morgan fingerprint density at radius 1 is 1.18 bits per heavy atom. The molecule has 0 aliphatic carbocycles. The van der Waals surface area contributed by atoms with E-state index in [9.17, 15) is 9.59 Å². The molecule has 22 heavy (non-hydrogen) atoms. The molecule has 1 aromatic carbocycles. The highest BCUT2D eigenvalue weighted by Gasteiger charge is 2.08. The quantitative estimate of drug-likeness (QED) is 0.341. The molecule has 0 N–H and O–H groups in total. The van der Waals surface area contributed by atoms with Gasteiger partial charge in [-0.1, -0.05) is 36.6 Å². The van der Waals surface area contributed by atoms with Gasteiger partial charge >= 0.3 is 5.97 Å². The van der Waals surface area contributed by atoms with Gasteiger partial charge in [-0.15, -0.1) is 0 Å². The van der Waals surface area contributed by atoms with Crippen molar-refractivity contribution >= 4 is 35.1 Å². The van der Waals surface area contributed by atoms with Gasteiger partial charge in [0.1, 0.15) is 6.42 Å². The van der Waals surface area contributed by atoms with E-state index in [4.69, 9.17) is 11.6 Å². The summed E-state index contributed by atoms with van der Waals surface area (Å²) >= 11 is 7.54. The van der Waals surface area contributed by atoms with Crippen LogP contribution in [0.2, 0.25) is 5.02 Å². The number of Topliss-reactive ketones (excluding diaryl/α,β-unsaturated/α-hetero) is 1. The summed E-state index contributed by atoms with van der Waals surface area (Å²) in [6.45, 7) is 0. The second-order valence-electron chi connectivity index (χ2n) is 5.14. The lowest BCUT2D eigenvalue weighted by Crippen LogP contribution is -2.11. The maximum absolute atomic E-state index is 11.4. The van der Waals surface area contributed by atoms with Crippen LogP contribution in [0.5, 0.6) is 0 Å². The minimum Gasteiger partial charge on any atom is -0.469 e. The number of thioether (sulfide) groups is 1. The Morgan fingerprint density at radius 2 is 1.95 bits per heavy atom. The molecule has 0 unspecified atom stereocenters. The van der Waals surface area contributed by atoms with Gasteiger partial charge in [-0.2, -0.15) is 11.8 Å². The van der Waals surface area contributed by atoms with E-state index in [1.165, 1.54) is 25.5 Å². The van der Waals surface area contributed by atoms with Crippen LogP contribution in [-0.4, -0.2) is 30.4 Å². The number of hydrogen-bond donors (Lipinski definition) is 0. The molecular weight excluding hydrogens is 320 g/mol. The van der Waals surface area contributed by atoms with Gasteiger partial charge in [-0.3, -0.25) is 9.59 Å². The van der Waals surface area contributed by atoms with Gasteiger partial charge in [-0.05, 0) is 42.7 Å². The lowest BCUT2D eigenvalue weighted by molar-refractivity contribution is -0.142. The maximum Gasteiger partial charge on any atom is 0.313 e. The van der Waals surface area contributed by atoms with E-state index in [-0.39, 0.29) is 12.2 Å². The average Bonchev–Trinajstić information content (AvgIpc) is 2.49. The van der Waals surface area contributed by atoms with Crippen molar-refractivity contribution < 1.29 is 14.3 Å². The first kappa shape index (κ1) is 19.0. The minimum atomic E-state index is -0.452. The normalized spacial score (nSPS) is 10.5. The van der Waals surface area contributed by atoms with Crippen molar-refractivity contribution in [1.82, 2.24) is 0 Å². The number of esters is 1. The smallest absolute Gasteiger partial charge is 0.313 e. The van der Waals surface area contributed by atoms with Crippen molar-refractivity contribution in [3.05, 3.63) is 34.9 Å². The van der Waals surface area contributed by atoms with Crippen LogP contribution in [0.25, 0.3) is 0 Å². The van der Waals surface area contributed by atoms with Crippen LogP contribution in [0.15, 0.2) is 24.3 Å². The van der Waals surface area contributed by atoms with Crippen molar-refractivity contribution in [3.63, 3.8) is 0 Å². The lowest BCUT2D eigenvalue weighted by atomic mass is 10.1. The Hall–Kier alpha value is -1.00. The van der Waals surface area contributed by atoms with Crippen molar-refractivity contribution in [2.24, 2.45) is 0 Å². The van der Waals surface area contributed by atoms with E-state index in [0.717, 1.165) is 30.0 Å². The third-order valence-electron chi connectivity index (χ3n) is 3.23. The SMILES string of the molecule is COC(=O)CC(=O)CSCCCCCCc1cccc(Cl)c1. The van der Waals surface area contributed by atoms with Crippen LogP contribution in [0, 0.1) is 0 Å². The Morgan fingerprint density at radius 3 is 2.68 bits per heavy atom. The second-order valence-corrected chi connectivity index (χ2v) is 6.68. The number of hydrogen-bond acceptors (Lipinski definition) is 4. The van der Waals surface area contributed by atoms with E-state index in [0.29, 0.717) is 5.75 Å². The predicted molar refractivity (Wildman–Crippen MR) is 92.6 cm³/mol. The molecule has 0 aliphatic rings. The molecule has 0 amide bonds. The zero-order valence-electron chi connectivity index (χ0n) is 13.0. The van der Waals surface area contributed by atoms with Crippen molar-refractivity contribution in [3.8, 4) is 0 Å². The topological polar surface area (TPSA) is 43.4 Å². The third kappa shape index (κ3) is 9.11. The van der Waals surface area contributed by atoms with Crippen molar-refractivity contribution in [2.45, 2.75) is 38.5 Å². The van der Waals surface area contributed by atoms with Crippen LogP contribution >= 0.6 is 23.4 Å². The summed E-state index contributed by atoms with van der Waals surface area (Å²) in [6.07, 6.45) is 5.56. The minimum absolute atomic E-state index is 0.0576. The van der Waals surface area contributed by atoms with Gasteiger partial charge in [0.2, 0.25) is 0 Å². The van der Waals surface area contributed by atoms with E-state index in [2.05, 4.69) is 10.8 Å². The summed E-state index contributed by atoms with van der Waals surface area (Å²) < 4.78 is 4.46. The molecule has 0 spiro atoms. The monoisotopic (exact) mass is 342 g/mol. The Balaban J connectivity index is 1.95. The molecule has 0 saturated heterocycles. The summed E-state index contributed by atoms with van der Waals surface area (Å²) in [4.78, 5) is 22.3. The van der Waals surface area contributed by atoms with Crippen molar-refractivity contribution in [1.29, 1.82) is 0 Å². The van der Waals surface area contributed by atoms with E-state index < -0.39 is 5.97 Å². The van der Waals surface area contributed by atoms with E-state index in [1.807, 2.05) is 18.2 Å². The first-order valence-corrected chi connectivity index (χ1v) is 9.06. The molecule has 0 aromatic heterocycles. The fourth-order valence-electron chi connectivity index (χ4n) is 2.05. The largest absolute Gasteiger partial charge is 0.469 e. The summed E-state index contributed by atoms with van der Waals surface area (Å²) in [5.74, 6) is 0.853. The first-order valence-electron chi connectivity index (χ1n) is 7.52. The summed E-state index contributed by atoms with van der Waals surface area (Å²) in [5, 5.41) is 0.797. The number of halogens is 1. The van der Waals surface area contributed by atoms with Crippen LogP contribution in [0.3, 0.4) is 0 Å². The molecule has 0 heterocycles. The molecule has 0 saturated carbocycles. The average molecular weight is 343 g/mol. The highest BCUT2D eigenvalue weighted by Crippen LogP contribution is 2.14. The highest BCUT2D eigenvalue weighted by molar-refractivity contribution is 7.99. The molecule has 5 heteroatoms. The summed E-state index contributed by atoms with van der Waals surface area (Å²) in [7, 11) is 1.30. The molecule has 1 rings (SSSR count). The van der Waals surface area contributed by atoms with Gasteiger partial charge in [0, 0.05) is 5.02 Å². The predicted octanol–water partition coefficient (Wildman–Crippen LogP) is 4.31. The molecule has 0 radical (unpaired) electrons. The Kier molecular flexibility index (Phi) is 10.0. The number of ketones is 1. The highest BCUT2D eigenvalue weighted by atomic mass is 35.5. The number of aryl methyl sites for hydroxylation is 1. The molecule has 1 aromatic rings. The van der Waals surface area contributed by atoms with Gasteiger partial charge in [0.25, 0.3) is 0 Å². The number of unbranched alkanes of at least 4 members (excludes halogenated alkanes) is 3. The van der Waals surface area contributed by atoms with E-state index in [1.54, 1.807) is 11.8 Å². The Labute approximate surface area is 141 Å². The van der Waals surface area contributed by atoms with Crippen LogP contribution in [0.4, 0.5) is 0 Å². The standard InChI is InChI=1S/C17H23ClO3S/c1-21-17(20)12-16(19)13-22-10-5-3-2-4-7-14-8-6-9-15(18)11-14/h6,8-9,11H,2-5,7,10,12-13H2,1H3. The van der Waals surface area contributed by atoms with Crippen molar-refractivity contribution in [2.75, 3.05) is 18.6 Å². The zero-order chi connectivity index (χ0) is 16.2. The fourth-order valence-corrected chi connectivity index (χ4v) is 3.14. The number of rotatable bonds is 11. The second kappa shape index (κ2) is 11.6.